The molecule has 0 saturated carbocycles. The summed E-state index contributed by atoms with van der Waals surface area (Å²) in [6.07, 6.45) is 6.23. The molecule has 7 heteroatoms. The third-order valence-corrected chi connectivity index (χ3v) is 4.63. The Morgan fingerprint density at radius 3 is 2.67 bits per heavy atom. The lowest BCUT2D eigenvalue weighted by Gasteiger charge is -2.10. The molecule has 2 heterocycles. The number of carbonyl (C=O) groups is 1. The Hall–Kier alpha value is -3.61. The Labute approximate surface area is 174 Å². The van der Waals surface area contributed by atoms with Gasteiger partial charge in [0.2, 0.25) is 0 Å². The summed E-state index contributed by atoms with van der Waals surface area (Å²) in [6, 6.07) is 8.49. The zero-order valence-electron chi connectivity index (χ0n) is 17.2. The Kier molecular flexibility index (Phi) is 6.51. The lowest BCUT2D eigenvalue weighted by Crippen LogP contribution is -2.22. The van der Waals surface area contributed by atoms with E-state index in [0.717, 1.165) is 12.0 Å². The second-order valence-corrected chi connectivity index (χ2v) is 6.65. The van der Waals surface area contributed by atoms with E-state index in [1.54, 1.807) is 13.2 Å². The fourth-order valence-corrected chi connectivity index (χ4v) is 3.18. The van der Waals surface area contributed by atoms with Gasteiger partial charge in [0.25, 0.3) is 5.56 Å². The van der Waals surface area contributed by atoms with E-state index in [-0.39, 0.29) is 11.1 Å². The number of benzene rings is 1. The highest BCUT2D eigenvalue weighted by Crippen LogP contribution is 2.26. The number of hydrogen-bond donors (Lipinski definition) is 1. The third-order valence-electron chi connectivity index (χ3n) is 4.63. The minimum Gasteiger partial charge on any atom is -0.497 e. The van der Waals surface area contributed by atoms with Crippen molar-refractivity contribution in [2.45, 2.75) is 26.7 Å². The van der Waals surface area contributed by atoms with Gasteiger partial charge >= 0.3 is 5.97 Å². The molecule has 0 fully saturated rings. The zero-order chi connectivity index (χ0) is 21.7. The van der Waals surface area contributed by atoms with Crippen molar-refractivity contribution in [3.05, 3.63) is 69.3 Å². The van der Waals surface area contributed by atoms with E-state index in [4.69, 9.17) is 9.47 Å². The lowest BCUT2D eigenvalue weighted by atomic mass is 10.1. The van der Waals surface area contributed by atoms with Crippen LogP contribution in [0.25, 0.3) is 17.8 Å². The van der Waals surface area contributed by atoms with E-state index in [1.165, 1.54) is 22.7 Å². The number of hydrogen-bond acceptors (Lipinski definition) is 5. The van der Waals surface area contributed by atoms with Crippen molar-refractivity contribution < 1.29 is 19.4 Å². The van der Waals surface area contributed by atoms with E-state index in [9.17, 15) is 14.7 Å². The summed E-state index contributed by atoms with van der Waals surface area (Å²) in [5.41, 5.74) is 2.06. The first-order valence-electron chi connectivity index (χ1n) is 9.76. The third kappa shape index (κ3) is 4.35. The minimum absolute atomic E-state index is 0.0369. The largest absolute Gasteiger partial charge is 0.497 e. The molecule has 0 amide bonds. The van der Waals surface area contributed by atoms with E-state index in [0.29, 0.717) is 41.4 Å². The fourth-order valence-electron chi connectivity index (χ4n) is 3.18. The van der Waals surface area contributed by atoms with Gasteiger partial charge in [-0.3, -0.25) is 9.20 Å². The first-order valence-corrected chi connectivity index (χ1v) is 9.76. The van der Waals surface area contributed by atoms with E-state index >= 15 is 0 Å². The van der Waals surface area contributed by atoms with Gasteiger partial charge in [-0.2, -0.15) is 0 Å². The average molecular weight is 408 g/mol. The number of aromatic carboxylic acids is 1. The molecule has 0 unspecified atom stereocenters. The number of rotatable bonds is 8. The van der Waals surface area contributed by atoms with Gasteiger partial charge in [-0.25, -0.2) is 9.78 Å². The molecule has 0 bridgehead atoms. The van der Waals surface area contributed by atoms with Crippen LogP contribution in [-0.2, 0) is 6.42 Å². The summed E-state index contributed by atoms with van der Waals surface area (Å²) in [7, 11) is 1.60. The number of nitrogens with zero attached hydrogens (tertiary/aromatic N) is 2. The van der Waals surface area contributed by atoms with Gasteiger partial charge in [-0.15, -0.1) is 0 Å². The van der Waals surface area contributed by atoms with Crippen molar-refractivity contribution in [3.8, 4) is 11.5 Å². The van der Waals surface area contributed by atoms with Crippen LogP contribution in [-0.4, -0.2) is 34.2 Å². The Bertz CT molecular complexity index is 1160. The number of methoxy groups -OCH3 is 1. The number of pyridine rings is 1. The molecular formula is C23H24N2O5. The van der Waals surface area contributed by atoms with Crippen LogP contribution in [0.1, 0.15) is 47.4 Å². The maximum Gasteiger partial charge on any atom is 0.337 e. The van der Waals surface area contributed by atoms with Gasteiger partial charge in [0.05, 0.1) is 25.0 Å². The highest BCUT2D eigenvalue weighted by Gasteiger charge is 2.13. The molecule has 0 atom stereocenters. The van der Waals surface area contributed by atoms with Crippen LogP contribution in [0.15, 0.2) is 41.3 Å². The van der Waals surface area contributed by atoms with Crippen LogP contribution in [0.2, 0.25) is 0 Å². The number of carboxylic acid groups (broad SMARTS) is 1. The maximum atomic E-state index is 13.0. The van der Waals surface area contributed by atoms with Gasteiger partial charge in [-0.05, 0) is 55.8 Å². The Morgan fingerprint density at radius 1 is 1.20 bits per heavy atom. The highest BCUT2D eigenvalue weighted by molar-refractivity contribution is 5.87. The van der Waals surface area contributed by atoms with E-state index in [1.807, 2.05) is 38.1 Å². The smallest absolute Gasteiger partial charge is 0.337 e. The molecule has 1 N–H and O–H groups in total. The molecule has 0 aliphatic rings. The summed E-state index contributed by atoms with van der Waals surface area (Å²) in [4.78, 5) is 28.9. The predicted molar refractivity (Wildman–Crippen MR) is 116 cm³/mol. The molecule has 0 aliphatic carbocycles. The molecule has 2 aromatic heterocycles. The SMILES string of the molecule is CCCc1c(/C=C/c2cc(OC)ccc2OCC)nc2ccc(C(=O)O)cn2c1=O. The molecule has 7 nitrogen and oxygen atoms in total. The quantitative estimate of drug-likeness (QED) is 0.608. The van der Waals surface area contributed by atoms with Crippen LogP contribution in [0.5, 0.6) is 11.5 Å². The number of ether oxygens (including phenoxy) is 2. The van der Waals surface area contributed by atoms with Crippen molar-refractivity contribution in [2.75, 3.05) is 13.7 Å². The van der Waals surface area contributed by atoms with Gasteiger partial charge in [-0.1, -0.05) is 13.3 Å². The summed E-state index contributed by atoms with van der Waals surface area (Å²) in [5.74, 6) is 0.307. The molecule has 3 rings (SSSR count). The average Bonchev–Trinajstić information content (AvgIpc) is 2.75. The monoisotopic (exact) mass is 408 g/mol. The first kappa shape index (κ1) is 21.1. The molecule has 0 radical (unpaired) electrons. The molecule has 0 saturated heterocycles. The van der Waals surface area contributed by atoms with Gasteiger partial charge in [0.15, 0.2) is 0 Å². The Morgan fingerprint density at radius 2 is 2.00 bits per heavy atom. The van der Waals surface area contributed by atoms with Crippen LogP contribution in [0.4, 0.5) is 0 Å². The number of aromatic nitrogens is 2. The second-order valence-electron chi connectivity index (χ2n) is 6.65. The summed E-state index contributed by atoms with van der Waals surface area (Å²) < 4.78 is 12.3. The zero-order valence-corrected chi connectivity index (χ0v) is 17.2. The standard InChI is InChI=1S/C23H24N2O5/c1-4-6-18-19(10-7-15-13-17(29-3)9-11-20(15)30-5-2)24-21-12-8-16(23(27)28)14-25(21)22(18)26/h7-14H,4-6H2,1-3H3,(H,27,28)/b10-7+. The van der Waals surface area contributed by atoms with Crippen LogP contribution < -0.4 is 15.0 Å². The van der Waals surface area contributed by atoms with Crippen molar-refractivity contribution in [1.82, 2.24) is 9.38 Å². The van der Waals surface area contributed by atoms with Crippen LogP contribution in [0, 0.1) is 0 Å². The molecule has 3 aromatic rings. The van der Waals surface area contributed by atoms with Crippen molar-refractivity contribution >= 4 is 23.8 Å². The second kappa shape index (κ2) is 9.26. The van der Waals surface area contributed by atoms with Crippen LogP contribution in [0.3, 0.4) is 0 Å². The molecular weight excluding hydrogens is 384 g/mol. The fraction of sp³-hybridized carbons (Fsp3) is 0.261. The van der Waals surface area contributed by atoms with E-state index in [2.05, 4.69) is 4.98 Å². The van der Waals surface area contributed by atoms with Crippen LogP contribution >= 0.6 is 0 Å². The maximum absolute atomic E-state index is 13.0. The number of carboxylic acids is 1. The predicted octanol–water partition coefficient (Wildman–Crippen LogP) is 3.92. The molecule has 1 aromatic carbocycles. The van der Waals surface area contributed by atoms with Gasteiger partial charge in [0, 0.05) is 17.3 Å². The highest BCUT2D eigenvalue weighted by atomic mass is 16.5. The van der Waals surface area contributed by atoms with Crippen molar-refractivity contribution in [2.24, 2.45) is 0 Å². The summed E-state index contributed by atoms with van der Waals surface area (Å²) in [5, 5.41) is 9.22. The van der Waals surface area contributed by atoms with Crippen molar-refractivity contribution in [1.29, 1.82) is 0 Å². The first-order chi connectivity index (χ1) is 14.5. The van der Waals surface area contributed by atoms with Gasteiger partial charge in [0.1, 0.15) is 17.1 Å². The molecule has 0 aliphatic heterocycles. The molecule has 0 spiro atoms. The lowest BCUT2D eigenvalue weighted by molar-refractivity contribution is 0.0696. The molecule has 30 heavy (non-hydrogen) atoms. The number of fused-ring (bicyclic) bond motifs is 1. The Balaban J connectivity index is 2.14. The topological polar surface area (TPSA) is 90.1 Å². The molecule has 156 valence electrons. The van der Waals surface area contributed by atoms with E-state index < -0.39 is 5.97 Å². The minimum atomic E-state index is -1.09. The van der Waals surface area contributed by atoms with Crippen molar-refractivity contribution in [3.63, 3.8) is 0 Å². The van der Waals surface area contributed by atoms with Gasteiger partial charge < -0.3 is 14.6 Å². The summed E-state index contributed by atoms with van der Waals surface area (Å²) in [6.45, 7) is 4.41. The summed E-state index contributed by atoms with van der Waals surface area (Å²) >= 11 is 0. The normalized spacial score (nSPS) is 11.2.